The third-order valence-corrected chi connectivity index (χ3v) is 10.7. The smallest absolute Gasteiger partial charge is 0.263 e. The Morgan fingerprint density at radius 1 is 0.460 bits per heavy atom. The van der Waals surface area contributed by atoms with Gasteiger partial charge in [-0.2, -0.15) is 0 Å². The molecule has 0 atom stereocenters. The van der Waals surface area contributed by atoms with Gasteiger partial charge >= 0.3 is 0 Å². The lowest BCUT2D eigenvalue weighted by Crippen LogP contribution is -1.98. The Morgan fingerprint density at radius 2 is 0.880 bits per heavy atom. The highest BCUT2D eigenvalue weighted by Gasteiger charge is 2.18. The van der Waals surface area contributed by atoms with E-state index in [9.17, 15) is 4.79 Å². The fraction of sp³-hybridized carbons (Fsp3) is 0.326. The first-order valence-corrected chi connectivity index (χ1v) is 19.9. The Morgan fingerprint density at radius 3 is 1.38 bits per heavy atom. The summed E-state index contributed by atoms with van der Waals surface area (Å²) in [6, 6.07) is 36.4. The number of hydrogen-bond acceptors (Lipinski definition) is 7. The van der Waals surface area contributed by atoms with Crippen LogP contribution in [0.2, 0.25) is 0 Å². The molecule has 260 valence electrons. The summed E-state index contributed by atoms with van der Waals surface area (Å²) < 4.78 is 23.8. The Hall–Kier alpha value is -4.07. The largest absolute Gasteiger partial charge is 0.493 e. The van der Waals surface area contributed by atoms with Gasteiger partial charge in [-0.05, 0) is 72.9 Å². The van der Waals surface area contributed by atoms with E-state index in [2.05, 4.69) is 84.9 Å². The highest BCUT2D eigenvalue weighted by Crippen LogP contribution is 2.29. The molecule has 5 nitrogen and oxygen atoms in total. The molecule has 0 N–H and O–H groups in total. The number of fused-ring (bicyclic) bond motifs is 2. The molecule has 2 heterocycles. The zero-order valence-corrected chi connectivity index (χ0v) is 30.3. The van der Waals surface area contributed by atoms with Crippen LogP contribution >= 0.6 is 23.5 Å². The van der Waals surface area contributed by atoms with E-state index in [1.165, 1.54) is 47.2 Å². The van der Waals surface area contributed by atoms with Crippen LogP contribution in [0, 0.1) is 0 Å². The number of benzene rings is 4. The summed E-state index contributed by atoms with van der Waals surface area (Å²) in [4.78, 5) is 13.0. The van der Waals surface area contributed by atoms with Crippen molar-refractivity contribution < 1.29 is 23.1 Å². The van der Waals surface area contributed by atoms with E-state index in [1.54, 1.807) is 35.7 Å². The molecular weight excluding hydrogens is 661 g/mol. The van der Waals surface area contributed by atoms with Crippen molar-refractivity contribution in [1.82, 2.24) is 0 Å². The molecular formula is C43H46O5S2. The molecule has 0 bridgehead atoms. The number of carbonyl (C=O) groups is 1. The summed E-state index contributed by atoms with van der Waals surface area (Å²) in [5.74, 6) is 4.32. The lowest BCUT2D eigenvalue weighted by Gasteiger charge is -2.09. The molecule has 0 saturated heterocycles. The first-order valence-electron chi connectivity index (χ1n) is 18.0. The standard InChI is InChI=1S/C43H46O5S2/c44-43(39-25-27-41(47-39)49-31-13-5-1-3-11-29-45-37-23-15-19-33-17-7-9-21-35(33)37)40-26-28-42(48-40)50-32-14-6-2-4-12-30-46-38-24-16-20-34-18-8-10-22-36(34)38/h7-10,15-28H,1-6,11-14,29-32H2. The van der Waals surface area contributed by atoms with Gasteiger partial charge in [0.05, 0.1) is 13.2 Å². The molecule has 2 aromatic heterocycles. The highest BCUT2D eigenvalue weighted by atomic mass is 32.2. The predicted octanol–water partition coefficient (Wildman–Crippen LogP) is 12.7. The van der Waals surface area contributed by atoms with Crippen molar-refractivity contribution in [3.63, 3.8) is 0 Å². The topological polar surface area (TPSA) is 61.8 Å². The van der Waals surface area contributed by atoms with Gasteiger partial charge in [0, 0.05) is 22.3 Å². The van der Waals surface area contributed by atoms with Crippen LogP contribution < -0.4 is 9.47 Å². The van der Waals surface area contributed by atoms with Gasteiger partial charge in [-0.3, -0.25) is 4.79 Å². The third-order valence-electron chi connectivity index (χ3n) is 8.69. The lowest BCUT2D eigenvalue weighted by molar-refractivity contribution is 0.0973. The first-order chi connectivity index (χ1) is 24.7. The molecule has 0 unspecified atom stereocenters. The van der Waals surface area contributed by atoms with E-state index >= 15 is 0 Å². The average Bonchev–Trinajstić information content (AvgIpc) is 3.84. The zero-order valence-electron chi connectivity index (χ0n) is 28.6. The Labute approximate surface area is 304 Å². The van der Waals surface area contributed by atoms with Gasteiger partial charge in [0.1, 0.15) is 11.5 Å². The van der Waals surface area contributed by atoms with E-state index in [4.69, 9.17) is 18.3 Å². The Balaban J connectivity index is 0.785. The van der Waals surface area contributed by atoms with Gasteiger partial charge in [0.25, 0.3) is 5.78 Å². The van der Waals surface area contributed by atoms with Crippen molar-refractivity contribution in [2.75, 3.05) is 24.7 Å². The Bertz CT molecular complexity index is 1780. The van der Waals surface area contributed by atoms with Crippen LogP contribution in [0.3, 0.4) is 0 Å². The van der Waals surface area contributed by atoms with Crippen molar-refractivity contribution >= 4 is 50.9 Å². The van der Waals surface area contributed by atoms with E-state index in [-0.39, 0.29) is 5.78 Å². The van der Waals surface area contributed by atoms with Crippen molar-refractivity contribution in [3.05, 3.63) is 121 Å². The number of unbranched alkanes of at least 4 members (excludes halogenated alkanes) is 8. The second-order valence-electron chi connectivity index (χ2n) is 12.5. The number of thioether (sulfide) groups is 2. The molecule has 0 radical (unpaired) electrons. The van der Waals surface area contributed by atoms with Gasteiger partial charge < -0.3 is 18.3 Å². The summed E-state index contributed by atoms with van der Waals surface area (Å²) >= 11 is 3.32. The number of furan rings is 2. The average molecular weight is 707 g/mol. The van der Waals surface area contributed by atoms with Crippen molar-refractivity contribution in [2.45, 2.75) is 74.4 Å². The van der Waals surface area contributed by atoms with Gasteiger partial charge in [-0.15, -0.1) is 0 Å². The molecule has 0 aliphatic heterocycles. The molecule has 0 fully saturated rings. The molecule has 0 amide bonds. The fourth-order valence-electron chi connectivity index (χ4n) is 5.98. The highest BCUT2D eigenvalue weighted by molar-refractivity contribution is 7.99. The summed E-state index contributed by atoms with van der Waals surface area (Å²) in [7, 11) is 0. The monoisotopic (exact) mass is 706 g/mol. The van der Waals surface area contributed by atoms with Gasteiger partial charge in [-0.25, -0.2) is 0 Å². The SMILES string of the molecule is O=C(c1ccc(SCCCCCCCOc2cccc3ccccc23)o1)c1ccc(SCCCCCCCOc2cccc3ccccc23)o1. The molecule has 50 heavy (non-hydrogen) atoms. The van der Waals surface area contributed by atoms with Crippen LogP contribution in [0.15, 0.2) is 128 Å². The molecule has 6 aromatic rings. The van der Waals surface area contributed by atoms with Crippen LogP contribution in [-0.4, -0.2) is 30.5 Å². The van der Waals surface area contributed by atoms with Crippen molar-refractivity contribution in [1.29, 1.82) is 0 Å². The fourth-order valence-corrected chi connectivity index (χ4v) is 7.71. The lowest BCUT2D eigenvalue weighted by atomic mass is 10.1. The number of ether oxygens (including phenoxy) is 2. The van der Waals surface area contributed by atoms with Crippen molar-refractivity contribution in [2.24, 2.45) is 0 Å². The molecule has 0 aliphatic rings. The van der Waals surface area contributed by atoms with Gasteiger partial charge in [0.15, 0.2) is 21.7 Å². The summed E-state index contributed by atoms with van der Waals surface area (Å²) in [5.41, 5.74) is 0. The van der Waals surface area contributed by atoms with Crippen LogP contribution in [-0.2, 0) is 0 Å². The van der Waals surface area contributed by atoms with E-state index in [0.717, 1.165) is 84.9 Å². The maximum Gasteiger partial charge on any atom is 0.263 e. The molecule has 6 rings (SSSR count). The molecule has 0 aliphatic carbocycles. The molecule has 0 saturated carbocycles. The number of rotatable bonds is 22. The second-order valence-corrected chi connectivity index (χ2v) is 14.6. The molecule has 4 aromatic carbocycles. The van der Waals surface area contributed by atoms with Gasteiger partial charge in [0.2, 0.25) is 0 Å². The normalized spacial score (nSPS) is 11.4. The third kappa shape index (κ3) is 10.5. The van der Waals surface area contributed by atoms with Gasteiger partial charge in [-0.1, -0.05) is 135 Å². The summed E-state index contributed by atoms with van der Waals surface area (Å²) in [6.07, 6.45) is 11.3. The first kappa shape index (κ1) is 35.7. The minimum absolute atomic E-state index is 0.208. The molecule has 7 heteroatoms. The summed E-state index contributed by atoms with van der Waals surface area (Å²) in [6.45, 7) is 1.49. The zero-order chi connectivity index (χ0) is 34.2. The van der Waals surface area contributed by atoms with Crippen LogP contribution in [0.25, 0.3) is 21.5 Å². The minimum atomic E-state index is -0.208. The number of carbonyl (C=O) groups excluding carboxylic acids is 1. The van der Waals surface area contributed by atoms with Crippen LogP contribution in [0.5, 0.6) is 11.5 Å². The van der Waals surface area contributed by atoms with Crippen LogP contribution in [0.1, 0.15) is 80.5 Å². The second kappa shape index (κ2) is 19.4. The maximum absolute atomic E-state index is 13.0. The number of ketones is 1. The van der Waals surface area contributed by atoms with Crippen LogP contribution in [0.4, 0.5) is 0 Å². The van der Waals surface area contributed by atoms with E-state index in [0.29, 0.717) is 11.5 Å². The maximum atomic E-state index is 13.0. The molecule has 0 spiro atoms. The summed E-state index contributed by atoms with van der Waals surface area (Å²) in [5, 5.41) is 6.32. The van der Waals surface area contributed by atoms with E-state index < -0.39 is 0 Å². The van der Waals surface area contributed by atoms with Crippen molar-refractivity contribution in [3.8, 4) is 11.5 Å². The van der Waals surface area contributed by atoms with E-state index in [1.807, 2.05) is 12.1 Å². The Kier molecular flexibility index (Phi) is 13.8. The number of hydrogen-bond donors (Lipinski definition) is 0. The predicted molar refractivity (Wildman–Crippen MR) is 207 cm³/mol. The minimum Gasteiger partial charge on any atom is -0.493 e. The quantitative estimate of drug-likeness (QED) is 0.0395.